The zero-order chi connectivity index (χ0) is 25.9. The molecule has 36 heavy (non-hydrogen) atoms. The Labute approximate surface area is 211 Å². The van der Waals surface area contributed by atoms with Gasteiger partial charge in [-0.2, -0.15) is 21.3 Å². The molecule has 187 valence electrons. The van der Waals surface area contributed by atoms with E-state index in [1.54, 1.807) is 22.9 Å². The Kier molecular flexibility index (Phi) is 7.73. The Morgan fingerprint density at radius 1 is 1.33 bits per heavy atom. The summed E-state index contributed by atoms with van der Waals surface area (Å²) in [4.78, 5) is 37.7. The first-order chi connectivity index (χ1) is 17.2. The molecule has 1 aromatic heterocycles. The lowest BCUT2D eigenvalue weighted by Crippen LogP contribution is -2.32. The second kappa shape index (κ2) is 10.8. The fourth-order valence-electron chi connectivity index (χ4n) is 3.85. The van der Waals surface area contributed by atoms with Crippen molar-refractivity contribution in [1.29, 1.82) is 5.26 Å². The summed E-state index contributed by atoms with van der Waals surface area (Å²) in [7, 11) is -5.52. The molecule has 1 unspecified atom stereocenters. The maximum Gasteiger partial charge on any atom is 0.356 e. The van der Waals surface area contributed by atoms with Crippen molar-refractivity contribution < 1.29 is 23.9 Å². The molecule has 0 bridgehead atoms. The first-order valence-electron chi connectivity index (χ1n) is 11.1. The lowest BCUT2D eigenvalue weighted by molar-refractivity contribution is 0.0967. The monoisotopic (exact) mass is 526 g/mol. The number of amides is 1. The molecule has 3 N–H and O–H groups in total. The van der Waals surface area contributed by atoms with Gasteiger partial charge in [-0.3, -0.25) is 14.0 Å². The van der Waals surface area contributed by atoms with E-state index in [-0.39, 0.29) is 24.4 Å². The Morgan fingerprint density at radius 2 is 2.14 bits per heavy atom. The standard InChI is InChI=1S/C24H25N5O5PS/c1-3-29-20(12-16(2)28-29)23(30)27-24-26-19-13-17(14-25)8-9-22(19)36(24)11-10-34-15-18-6-4-5-7-21(18)35(31,32)33/h5-9,12-13,36H,3,10-11,15H2,1-2H3,(H,26,27,30)(H2,31,32,33). The molecule has 0 saturated heterocycles. The summed E-state index contributed by atoms with van der Waals surface area (Å²) in [6, 6.07) is 16.2. The molecule has 1 atom stereocenters. The lowest BCUT2D eigenvalue weighted by Gasteiger charge is -2.20. The number of aryl methyl sites for hydroxylation is 2. The van der Waals surface area contributed by atoms with Crippen molar-refractivity contribution in [3.05, 3.63) is 71.0 Å². The highest BCUT2D eigenvalue weighted by molar-refractivity contribution is 8.30. The van der Waals surface area contributed by atoms with Crippen LogP contribution in [0.2, 0.25) is 0 Å². The zero-order valence-corrected chi connectivity index (χ0v) is 21.5. The van der Waals surface area contributed by atoms with Crippen molar-refractivity contribution in [3.8, 4) is 6.07 Å². The minimum Gasteiger partial charge on any atom is -0.376 e. The molecular weight excluding hydrogens is 501 g/mol. The summed E-state index contributed by atoms with van der Waals surface area (Å²) < 4.78 is 19.1. The molecule has 0 fully saturated rings. The number of aromatic nitrogens is 2. The van der Waals surface area contributed by atoms with Crippen molar-refractivity contribution in [2.24, 2.45) is 4.99 Å². The van der Waals surface area contributed by atoms with Crippen LogP contribution in [-0.4, -0.2) is 43.0 Å². The highest BCUT2D eigenvalue weighted by atomic mass is 32.2. The number of nitrogens with one attached hydrogen (secondary N) is 1. The van der Waals surface area contributed by atoms with Gasteiger partial charge in [0, 0.05) is 17.2 Å². The van der Waals surface area contributed by atoms with Crippen LogP contribution >= 0.6 is 18.5 Å². The van der Waals surface area contributed by atoms with Crippen LogP contribution in [0.25, 0.3) is 0 Å². The van der Waals surface area contributed by atoms with E-state index < -0.39 is 18.5 Å². The molecule has 10 nitrogen and oxygen atoms in total. The number of nitrogens with zero attached hydrogens (tertiary/aromatic N) is 4. The molecule has 4 rings (SSSR count). The van der Waals surface area contributed by atoms with E-state index in [4.69, 9.17) is 4.74 Å². The van der Waals surface area contributed by atoms with Gasteiger partial charge in [0.1, 0.15) is 5.69 Å². The van der Waals surface area contributed by atoms with Gasteiger partial charge in [-0.15, -0.1) is 0 Å². The number of ether oxygens (including phenoxy) is 1. The minimum absolute atomic E-state index is 0.00891. The fourth-order valence-corrected chi connectivity index (χ4v) is 6.73. The summed E-state index contributed by atoms with van der Waals surface area (Å²) in [5, 5.41) is 17.0. The average molecular weight is 527 g/mol. The van der Waals surface area contributed by atoms with Gasteiger partial charge >= 0.3 is 7.60 Å². The molecule has 1 aliphatic rings. The van der Waals surface area contributed by atoms with E-state index in [1.807, 2.05) is 19.9 Å². The molecule has 2 heterocycles. The third-order valence-electron chi connectivity index (χ3n) is 5.49. The smallest absolute Gasteiger partial charge is 0.356 e. The molecule has 2 aromatic carbocycles. The van der Waals surface area contributed by atoms with Gasteiger partial charge in [0.2, 0.25) is 0 Å². The summed E-state index contributed by atoms with van der Waals surface area (Å²) in [5.74, 6) is 0.199. The summed E-state index contributed by atoms with van der Waals surface area (Å²) >= 11 is 0. The van der Waals surface area contributed by atoms with Crippen LogP contribution in [-0.2, 0) is 22.5 Å². The van der Waals surface area contributed by atoms with E-state index in [0.717, 1.165) is 10.6 Å². The van der Waals surface area contributed by atoms with Crippen LogP contribution in [0, 0.1) is 24.3 Å². The van der Waals surface area contributed by atoms with Crippen LogP contribution in [0.1, 0.15) is 34.2 Å². The highest BCUT2D eigenvalue weighted by Crippen LogP contribution is 2.49. The molecule has 3 aromatic rings. The molecule has 0 saturated carbocycles. The fraction of sp³-hybridized carbons (Fsp3) is 0.250. The molecule has 12 heteroatoms. The van der Waals surface area contributed by atoms with Gasteiger partial charge < -0.3 is 19.8 Å². The number of fused-ring (bicyclic) bond motifs is 1. The SMILES string of the molecule is CCn1nc(C)cc1C(=O)NC1=Nc2cc(C#N)ccc2[SH]1CCOCc1c[c]ccc1P(=O)(O)O. The normalized spacial score (nSPS) is 15.8. The molecular formula is C24H25N5O5PS. The molecule has 0 spiro atoms. The Hall–Kier alpha value is -3.26. The van der Waals surface area contributed by atoms with Crippen molar-refractivity contribution in [2.75, 3.05) is 12.4 Å². The summed E-state index contributed by atoms with van der Waals surface area (Å²) in [6.45, 7) is 4.55. The van der Waals surface area contributed by atoms with Crippen LogP contribution in [0.15, 0.2) is 52.4 Å². The Bertz CT molecular complexity index is 1420. The quantitative estimate of drug-likeness (QED) is 0.200. The number of hydrogen-bond acceptors (Lipinski definition) is 6. The van der Waals surface area contributed by atoms with E-state index in [9.17, 15) is 24.4 Å². The molecule has 1 amide bonds. The largest absolute Gasteiger partial charge is 0.376 e. The maximum absolute atomic E-state index is 13.1. The van der Waals surface area contributed by atoms with Crippen molar-refractivity contribution in [3.63, 3.8) is 0 Å². The molecule has 1 radical (unpaired) electrons. The van der Waals surface area contributed by atoms with Gasteiger partial charge in [0.25, 0.3) is 5.91 Å². The van der Waals surface area contributed by atoms with E-state index >= 15 is 0 Å². The number of carbonyl (C=O) groups excluding carboxylic acids is 1. The zero-order valence-electron chi connectivity index (χ0n) is 19.7. The number of hydrogen-bond donors (Lipinski definition) is 4. The number of thiol groups is 1. The van der Waals surface area contributed by atoms with Gasteiger partial charge in [0.15, 0.2) is 5.17 Å². The lowest BCUT2D eigenvalue weighted by atomic mass is 10.2. The van der Waals surface area contributed by atoms with Crippen molar-refractivity contribution in [2.45, 2.75) is 31.9 Å². The second-order valence-electron chi connectivity index (χ2n) is 7.99. The number of benzene rings is 2. The third kappa shape index (κ3) is 5.59. The molecule has 0 aliphatic carbocycles. The van der Waals surface area contributed by atoms with Crippen LogP contribution < -0.4 is 10.6 Å². The number of amidine groups is 1. The van der Waals surface area contributed by atoms with E-state index in [1.165, 1.54) is 18.2 Å². The number of carbonyl (C=O) groups is 1. The summed E-state index contributed by atoms with van der Waals surface area (Å²) in [6.07, 6.45) is 0. The summed E-state index contributed by atoms with van der Waals surface area (Å²) in [5.41, 5.74) is 2.65. The van der Waals surface area contributed by atoms with E-state index in [0.29, 0.717) is 40.0 Å². The maximum atomic E-state index is 13.1. The number of aliphatic imine (C=N–C) groups is 1. The Morgan fingerprint density at radius 3 is 2.86 bits per heavy atom. The first-order valence-corrected chi connectivity index (χ1v) is 14.2. The number of rotatable bonds is 8. The third-order valence-corrected chi connectivity index (χ3v) is 8.87. The van der Waals surface area contributed by atoms with Gasteiger partial charge in [-0.1, -0.05) is 6.07 Å². The first kappa shape index (κ1) is 25.8. The predicted octanol–water partition coefficient (Wildman–Crippen LogP) is 2.69. The van der Waals surface area contributed by atoms with Gasteiger partial charge in [0.05, 0.1) is 41.5 Å². The Balaban J connectivity index is 1.50. The van der Waals surface area contributed by atoms with Crippen LogP contribution in [0.3, 0.4) is 0 Å². The minimum atomic E-state index is -4.43. The van der Waals surface area contributed by atoms with Crippen LogP contribution in [0.5, 0.6) is 0 Å². The highest BCUT2D eigenvalue weighted by Gasteiger charge is 2.27. The topological polar surface area (TPSA) is 150 Å². The van der Waals surface area contributed by atoms with E-state index in [2.05, 4.69) is 27.5 Å². The van der Waals surface area contributed by atoms with Gasteiger partial charge in [-0.05, 0) is 61.9 Å². The van der Waals surface area contributed by atoms with Crippen molar-refractivity contribution >= 4 is 40.6 Å². The van der Waals surface area contributed by atoms with Crippen molar-refractivity contribution in [1.82, 2.24) is 15.1 Å². The number of nitriles is 1. The predicted molar refractivity (Wildman–Crippen MR) is 137 cm³/mol. The average Bonchev–Trinajstić information content (AvgIpc) is 3.40. The molecule has 1 aliphatic heterocycles. The van der Waals surface area contributed by atoms with Crippen LogP contribution in [0.4, 0.5) is 5.69 Å². The second-order valence-corrected chi connectivity index (χ2v) is 11.8. The van der Waals surface area contributed by atoms with Gasteiger partial charge in [-0.25, -0.2) is 4.99 Å².